The van der Waals surface area contributed by atoms with Gasteiger partial charge in [0.1, 0.15) is 6.61 Å². The Kier molecular flexibility index (Phi) is 10.4. The minimum absolute atomic E-state index is 0.612. The summed E-state index contributed by atoms with van der Waals surface area (Å²) >= 11 is 1.88. The topological polar surface area (TPSA) is 40.4 Å². The van der Waals surface area contributed by atoms with E-state index in [1.807, 2.05) is 25.3 Å². The Morgan fingerprint density at radius 2 is 1.91 bits per heavy atom. The van der Waals surface area contributed by atoms with Gasteiger partial charge in [-0.3, -0.25) is 4.99 Å². The molecule has 3 rings (SSSR count). The minimum Gasteiger partial charge on any atom is -0.396 e. The van der Waals surface area contributed by atoms with Crippen LogP contribution in [0.25, 0.3) is 0 Å². The lowest BCUT2D eigenvalue weighted by molar-refractivity contribution is 0.158. The third-order valence-corrected chi connectivity index (χ3v) is 6.87. The highest BCUT2D eigenvalue weighted by Gasteiger charge is 2.22. The van der Waals surface area contributed by atoms with Crippen LogP contribution in [0.15, 0.2) is 58.0 Å². The highest BCUT2D eigenvalue weighted by Crippen LogP contribution is 2.30. The van der Waals surface area contributed by atoms with E-state index >= 15 is 0 Å². The molecule has 6 heteroatoms. The van der Waals surface area contributed by atoms with E-state index in [1.165, 1.54) is 49.1 Å². The van der Waals surface area contributed by atoms with Crippen LogP contribution in [0.4, 0.5) is 0 Å². The van der Waals surface area contributed by atoms with Crippen LogP contribution in [0.5, 0.6) is 0 Å². The summed E-state index contributed by atoms with van der Waals surface area (Å²) in [6, 6.07) is 8.84. The molecule has 0 N–H and O–H groups in total. The molecule has 1 fully saturated rings. The van der Waals surface area contributed by atoms with Gasteiger partial charge in [-0.05, 0) is 56.7 Å². The van der Waals surface area contributed by atoms with Crippen LogP contribution in [0.2, 0.25) is 0 Å². The van der Waals surface area contributed by atoms with Gasteiger partial charge in [0.2, 0.25) is 0 Å². The lowest BCUT2D eigenvalue weighted by Gasteiger charge is -2.18. The Bertz CT molecular complexity index is 829. The molecule has 2 heterocycles. The maximum absolute atomic E-state index is 5.23. The maximum atomic E-state index is 5.23. The van der Waals surface area contributed by atoms with Gasteiger partial charge in [0, 0.05) is 55.8 Å². The number of nitrogens with zero attached hydrogens (tertiary/aromatic N) is 4. The van der Waals surface area contributed by atoms with Crippen molar-refractivity contribution in [1.82, 2.24) is 8.61 Å². The molecule has 5 nitrogen and oxygen atoms in total. The van der Waals surface area contributed by atoms with Gasteiger partial charge < -0.3 is 9.14 Å². The van der Waals surface area contributed by atoms with Gasteiger partial charge in [0.15, 0.2) is 0 Å². The third-order valence-electron chi connectivity index (χ3n) is 5.69. The summed E-state index contributed by atoms with van der Waals surface area (Å²) in [5, 5.41) is 4.22. The van der Waals surface area contributed by atoms with Gasteiger partial charge >= 0.3 is 0 Å². The minimum atomic E-state index is 0.612. The second-order valence-corrected chi connectivity index (χ2v) is 9.37. The van der Waals surface area contributed by atoms with Crippen molar-refractivity contribution in [2.75, 3.05) is 26.2 Å². The lowest BCUT2D eigenvalue weighted by atomic mass is 10.0. The number of aliphatic imine (C=N–C) groups is 1. The number of hydrogen-bond donors (Lipinski definition) is 0. The average molecular weight is 455 g/mol. The van der Waals surface area contributed by atoms with Crippen molar-refractivity contribution in [1.29, 1.82) is 0 Å². The van der Waals surface area contributed by atoms with E-state index in [0.29, 0.717) is 6.61 Å². The first-order valence-corrected chi connectivity index (χ1v) is 12.8. The molecular weight excluding hydrogens is 416 g/mol. The molecule has 0 spiro atoms. The van der Waals surface area contributed by atoms with Crippen molar-refractivity contribution in [3.05, 3.63) is 58.9 Å². The van der Waals surface area contributed by atoms with E-state index in [0.717, 1.165) is 43.8 Å². The molecule has 2 aliphatic rings. The zero-order valence-electron chi connectivity index (χ0n) is 19.9. The molecule has 0 unspecified atom stereocenters. The molecule has 0 radical (unpaired) electrons. The summed E-state index contributed by atoms with van der Waals surface area (Å²) in [7, 11) is 0. The number of oxime groups is 1. The largest absolute Gasteiger partial charge is 0.396 e. The molecule has 0 amide bonds. The zero-order valence-corrected chi connectivity index (χ0v) is 20.7. The summed E-state index contributed by atoms with van der Waals surface area (Å²) in [5.41, 5.74) is 5.99. The highest BCUT2D eigenvalue weighted by molar-refractivity contribution is 7.95. The van der Waals surface area contributed by atoms with Crippen molar-refractivity contribution in [2.24, 2.45) is 10.1 Å². The molecule has 0 atom stereocenters. The standard InChI is InChI=1S/C26H38N4OS/c1-4-26(28-31-5-2)24-15-13-23(14-16-24)11-8-6-7-9-18-29-19-20-30(32-29)25-12-10-17-27-22(3)21-25/h12-17,21H,4-11,18-20H2,1-3H3/b28-26+. The summed E-state index contributed by atoms with van der Waals surface area (Å²) in [5.74, 6) is 0. The third kappa shape index (κ3) is 7.82. The number of benzene rings is 1. The predicted molar refractivity (Wildman–Crippen MR) is 138 cm³/mol. The molecule has 1 saturated heterocycles. The van der Waals surface area contributed by atoms with Crippen molar-refractivity contribution < 1.29 is 4.84 Å². The first-order chi connectivity index (χ1) is 15.7. The van der Waals surface area contributed by atoms with E-state index in [-0.39, 0.29) is 0 Å². The van der Waals surface area contributed by atoms with E-state index in [2.05, 4.69) is 69.0 Å². The Morgan fingerprint density at radius 1 is 1.09 bits per heavy atom. The normalized spacial score (nSPS) is 17.3. The molecule has 32 heavy (non-hydrogen) atoms. The van der Waals surface area contributed by atoms with Gasteiger partial charge in [-0.1, -0.05) is 55.3 Å². The van der Waals surface area contributed by atoms with Crippen LogP contribution in [0, 0.1) is 0 Å². The Morgan fingerprint density at radius 3 is 2.69 bits per heavy atom. The number of rotatable bonds is 12. The maximum Gasteiger partial charge on any atom is 0.114 e. The van der Waals surface area contributed by atoms with Crippen LogP contribution in [0.1, 0.15) is 70.4 Å². The Hall–Kier alpha value is -2.05. The molecule has 2 aliphatic heterocycles. The number of hydrogen-bond acceptors (Lipinski definition) is 6. The van der Waals surface area contributed by atoms with Crippen LogP contribution >= 0.6 is 12.1 Å². The molecule has 0 saturated carbocycles. The van der Waals surface area contributed by atoms with Crippen molar-refractivity contribution in [3.63, 3.8) is 0 Å². The first-order valence-electron chi connectivity index (χ1n) is 12.1. The molecule has 0 aliphatic carbocycles. The van der Waals surface area contributed by atoms with E-state index < -0.39 is 0 Å². The summed E-state index contributed by atoms with van der Waals surface area (Å²) in [6.45, 7) is 10.2. The number of aryl methyl sites for hydroxylation is 1. The Balaban J connectivity index is 1.30. The van der Waals surface area contributed by atoms with Gasteiger partial charge in [-0.15, -0.1) is 0 Å². The molecule has 1 aromatic rings. The van der Waals surface area contributed by atoms with Gasteiger partial charge in [-0.2, -0.15) is 0 Å². The van der Waals surface area contributed by atoms with E-state index in [1.54, 1.807) is 0 Å². The van der Waals surface area contributed by atoms with Crippen molar-refractivity contribution >= 4 is 24.1 Å². The lowest BCUT2D eigenvalue weighted by Crippen LogP contribution is -2.13. The average Bonchev–Trinajstić information content (AvgIpc) is 3.17. The van der Waals surface area contributed by atoms with E-state index in [9.17, 15) is 0 Å². The summed E-state index contributed by atoms with van der Waals surface area (Å²) in [4.78, 5) is 9.64. The highest BCUT2D eigenvalue weighted by atomic mass is 32.2. The number of unbranched alkanes of at least 4 members (excludes halogenated alkanes) is 3. The molecular formula is C26H38N4OS. The van der Waals surface area contributed by atoms with Crippen LogP contribution in [0.3, 0.4) is 0 Å². The van der Waals surface area contributed by atoms with Crippen LogP contribution in [-0.2, 0) is 11.3 Å². The van der Waals surface area contributed by atoms with Crippen molar-refractivity contribution in [2.45, 2.75) is 65.7 Å². The molecule has 1 aromatic carbocycles. The van der Waals surface area contributed by atoms with E-state index in [4.69, 9.17) is 4.84 Å². The SMILES string of the molecule is CCO/N=C(\CC)c1ccc(CCCCCCN2CCN(C3=CCC=NC(C)=C3)S2)cc1. The molecule has 0 aromatic heterocycles. The Labute approximate surface area is 198 Å². The monoisotopic (exact) mass is 454 g/mol. The quantitative estimate of drug-likeness (QED) is 0.159. The zero-order chi connectivity index (χ0) is 22.6. The predicted octanol–water partition coefficient (Wildman–Crippen LogP) is 6.38. The van der Waals surface area contributed by atoms with Crippen LogP contribution in [-0.4, -0.2) is 46.8 Å². The first kappa shape index (κ1) is 24.6. The molecule has 0 bridgehead atoms. The summed E-state index contributed by atoms with van der Waals surface area (Å²) in [6.07, 6.45) is 14.5. The fourth-order valence-electron chi connectivity index (χ4n) is 3.90. The second kappa shape index (κ2) is 13.5. The van der Waals surface area contributed by atoms with Crippen LogP contribution < -0.4 is 0 Å². The fraction of sp³-hybridized carbons (Fsp3) is 0.538. The molecule has 174 valence electrons. The van der Waals surface area contributed by atoms with Gasteiger partial charge in [-0.25, -0.2) is 4.31 Å². The number of allylic oxidation sites excluding steroid dienone is 3. The van der Waals surface area contributed by atoms with Crippen molar-refractivity contribution in [3.8, 4) is 0 Å². The van der Waals surface area contributed by atoms with Gasteiger partial charge in [0.25, 0.3) is 0 Å². The fourth-order valence-corrected chi connectivity index (χ4v) is 4.94. The summed E-state index contributed by atoms with van der Waals surface area (Å²) < 4.78 is 4.91. The van der Waals surface area contributed by atoms with Gasteiger partial charge in [0.05, 0.1) is 5.71 Å². The smallest absolute Gasteiger partial charge is 0.114 e. The second-order valence-electron chi connectivity index (χ2n) is 8.25.